The molecular weight excluding hydrogens is 198 g/mol. The third-order valence-corrected chi connectivity index (χ3v) is 2.82. The van der Waals surface area contributed by atoms with Crippen LogP contribution in [0.15, 0.2) is 11.6 Å². The van der Waals surface area contributed by atoms with E-state index in [1.54, 1.807) is 0 Å². The second kappa shape index (κ2) is 8.51. The van der Waals surface area contributed by atoms with Gasteiger partial charge in [-0.05, 0) is 50.8 Å². The summed E-state index contributed by atoms with van der Waals surface area (Å²) in [7, 11) is 1.99. The molecule has 0 spiro atoms. The summed E-state index contributed by atoms with van der Waals surface area (Å²) in [5.41, 5.74) is 0.923. The number of rotatable bonds is 8. The first kappa shape index (κ1) is 15.4. The van der Waals surface area contributed by atoms with Gasteiger partial charge in [0.2, 0.25) is 0 Å². The lowest BCUT2D eigenvalue weighted by molar-refractivity contribution is -0.115. The Hall–Kier alpha value is -0.630. The average Bonchev–Trinajstić information content (AvgIpc) is 2.23. The summed E-state index contributed by atoms with van der Waals surface area (Å²) in [6.45, 7) is 9.37. The molecule has 1 unspecified atom stereocenters. The highest BCUT2D eigenvalue weighted by Crippen LogP contribution is 2.16. The van der Waals surface area contributed by atoms with Crippen molar-refractivity contribution in [2.75, 3.05) is 13.6 Å². The van der Waals surface area contributed by atoms with Crippen molar-refractivity contribution in [3.63, 3.8) is 0 Å². The zero-order valence-electron chi connectivity index (χ0n) is 11.5. The maximum atomic E-state index is 11.4. The van der Waals surface area contributed by atoms with E-state index in [4.69, 9.17) is 0 Å². The molecular formula is C14H27NO. The van der Waals surface area contributed by atoms with E-state index in [0.717, 1.165) is 18.5 Å². The van der Waals surface area contributed by atoms with Crippen LogP contribution in [0.4, 0.5) is 0 Å². The van der Waals surface area contributed by atoms with Gasteiger partial charge in [-0.15, -0.1) is 0 Å². The van der Waals surface area contributed by atoms with Crippen LogP contribution in [-0.2, 0) is 4.79 Å². The summed E-state index contributed by atoms with van der Waals surface area (Å²) >= 11 is 0. The van der Waals surface area contributed by atoms with Gasteiger partial charge < -0.3 is 5.32 Å². The third-order valence-electron chi connectivity index (χ3n) is 2.82. The highest BCUT2D eigenvalue weighted by molar-refractivity contribution is 5.94. The van der Waals surface area contributed by atoms with Crippen LogP contribution in [0.3, 0.4) is 0 Å². The predicted octanol–water partition coefficient (Wildman–Crippen LogP) is 3.18. The summed E-state index contributed by atoms with van der Waals surface area (Å²) in [5.74, 6) is 1.63. The van der Waals surface area contributed by atoms with Crippen LogP contribution in [0.5, 0.6) is 0 Å². The predicted molar refractivity (Wildman–Crippen MR) is 70.5 cm³/mol. The second-order valence-corrected chi connectivity index (χ2v) is 4.95. The van der Waals surface area contributed by atoms with Crippen LogP contribution >= 0.6 is 0 Å². The molecule has 0 fully saturated rings. The quantitative estimate of drug-likeness (QED) is 0.643. The number of Topliss-reactive ketones (excluding diaryl/α,β-unsaturated/α-hetero) is 1. The number of allylic oxidation sites excluding steroid dienone is 2. The van der Waals surface area contributed by atoms with Gasteiger partial charge in [0.05, 0.1) is 0 Å². The molecule has 0 bridgehead atoms. The number of nitrogens with one attached hydrogen (secondary N) is 1. The fourth-order valence-corrected chi connectivity index (χ4v) is 1.95. The van der Waals surface area contributed by atoms with Crippen molar-refractivity contribution in [2.24, 2.45) is 11.8 Å². The third kappa shape index (κ3) is 6.78. The largest absolute Gasteiger partial charge is 0.319 e. The minimum atomic E-state index is 0.271. The molecule has 0 rings (SSSR count). The summed E-state index contributed by atoms with van der Waals surface area (Å²) in [6, 6.07) is 0. The molecule has 0 aromatic rings. The van der Waals surface area contributed by atoms with E-state index >= 15 is 0 Å². The molecule has 0 heterocycles. The summed E-state index contributed by atoms with van der Waals surface area (Å²) < 4.78 is 0. The summed E-state index contributed by atoms with van der Waals surface area (Å²) in [4.78, 5) is 11.4. The van der Waals surface area contributed by atoms with Gasteiger partial charge in [0.15, 0.2) is 5.78 Å². The molecule has 2 heteroatoms. The van der Waals surface area contributed by atoms with Gasteiger partial charge in [0.25, 0.3) is 0 Å². The van der Waals surface area contributed by atoms with Gasteiger partial charge in [-0.1, -0.05) is 26.8 Å². The molecule has 94 valence electrons. The number of hydrogen-bond acceptors (Lipinski definition) is 2. The summed E-state index contributed by atoms with van der Waals surface area (Å²) in [6.07, 6.45) is 4.95. The van der Waals surface area contributed by atoms with Crippen LogP contribution in [-0.4, -0.2) is 19.4 Å². The number of ketones is 1. The van der Waals surface area contributed by atoms with Crippen molar-refractivity contribution in [3.05, 3.63) is 11.6 Å². The Bertz CT molecular complexity index is 231. The van der Waals surface area contributed by atoms with Crippen LogP contribution in [0, 0.1) is 11.8 Å². The maximum absolute atomic E-state index is 11.4. The molecule has 1 atom stereocenters. The van der Waals surface area contributed by atoms with Crippen molar-refractivity contribution in [1.82, 2.24) is 5.32 Å². The van der Waals surface area contributed by atoms with E-state index in [9.17, 15) is 4.79 Å². The lowest BCUT2D eigenvalue weighted by Crippen LogP contribution is -2.20. The SMILES string of the molecule is CCC(=O)/C(C)=C\CC(CNC)CC(C)C. The normalized spacial score (nSPS) is 14.2. The standard InChI is InChI=1S/C14H27NO/c1-6-14(16)12(4)7-8-13(10-15-5)9-11(2)3/h7,11,13,15H,6,8-10H2,1-5H3/b12-7-. The molecule has 0 aromatic heterocycles. The Morgan fingerprint density at radius 3 is 2.44 bits per heavy atom. The van der Waals surface area contributed by atoms with E-state index in [1.165, 1.54) is 6.42 Å². The van der Waals surface area contributed by atoms with Gasteiger partial charge >= 0.3 is 0 Å². The Labute approximate surface area is 101 Å². The smallest absolute Gasteiger partial charge is 0.157 e. The first-order valence-corrected chi connectivity index (χ1v) is 6.35. The van der Waals surface area contributed by atoms with E-state index in [2.05, 4.69) is 25.2 Å². The van der Waals surface area contributed by atoms with Crippen molar-refractivity contribution >= 4 is 5.78 Å². The first-order valence-electron chi connectivity index (χ1n) is 6.35. The molecule has 0 aliphatic rings. The van der Waals surface area contributed by atoms with Crippen molar-refractivity contribution in [1.29, 1.82) is 0 Å². The van der Waals surface area contributed by atoms with Crippen LogP contribution in [0.25, 0.3) is 0 Å². The Kier molecular flexibility index (Phi) is 8.18. The molecule has 0 radical (unpaired) electrons. The summed E-state index contributed by atoms with van der Waals surface area (Å²) in [5, 5.41) is 3.23. The van der Waals surface area contributed by atoms with Crippen molar-refractivity contribution in [2.45, 2.75) is 47.0 Å². The molecule has 16 heavy (non-hydrogen) atoms. The highest BCUT2D eigenvalue weighted by atomic mass is 16.1. The van der Waals surface area contributed by atoms with Gasteiger partial charge in [0, 0.05) is 6.42 Å². The Morgan fingerprint density at radius 2 is 2.00 bits per heavy atom. The van der Waals surface area contributed by atoms with Crippen molar-refractivity contribution < 1.29 is 4.79 Å². The zero-order valence-corrected chi connectivity index (χ0v) is 11.5. The molecule has 0 saturated heterocycles. The van der Waals surface area contributed by atoms with Crippen LogP contribution in [0.2, 0.25) is 0 Å². The zero-order chi connectivity index (χ0) is 12.6. The highest BCUT2D eigenvalue weighted by Gasteiger charge is 2.09. The van der Waals surface area contributed by atoms with Crippen LogP contribution < -0.4 is 5.32 Å². The van der Waals surface area contributed by atoms with Gasteiger partial charge in [-0.3, -0.25) is 4.79 Å². The molecule has 0 aliphatic carbocycles. The topological polar surface area (TPSA) is 29.1 Å². The Balaban J connectivity index is 4.23. The molecule has 1 N–H and O–H groups in total. The minimum Gasteiger partial charge on any atom is -0.319 e. The average molecular weight is 225 g/mol. The van der Waals surface area contributed by atoms with Crippen LogP contribution in [0.1, 0.15) is 47.0 Å². The minimum absolute atomic E-state index is 0.271. The van der Waals surface area contributed by atoms with Gasteiger partial charge in [-0.2, -0.15) is 0 Å². The van der Waals surface area contributed by atoms with E-state index in [1.807, 2.05) is 20.9 Å². The fourth-order valence-electron chi connectivity index (χ4n) is 1.95. The fraction of sp³-hybridized carbons (Fsp3) is 0.786. The molecule has 0 aliphatic heterocycles. The lowest BCUT2D eigenvalue weighted by Gasteiger charge is -2.17. The monoisotopic (exact) mass is 225 g/mol. The lowest BCUT2D eigenvalue weighted by atomic mass is 9.93. The second-order valence-electron chi connectivity index (χ2n) is 4.95. The van der Waals surface area contributed by atoms with E-state index < -0.39 is 0 Å². The number of hydrogen-bond donors (Lipinski definition) is 1. The van der Waals surface area contributed by atoms with Crippen molar-refractivity contribution in [3.8, 4) is 0 Å². The molecule has 0 aromatic carbocycles. The number of carbonyl (C=O) groups excluding carboxylic acids is 1. The number of carbonyl (C=O) groups is 1. The Morgan fingerprint density at radius 1 is 1.38 bits per heavy atom. The van der Waals surface area contributed by atoms with Gasteiger partial charge in [-0.25, -0.2) is 0 Å². The maximum Gasteiger partial charge on any atom is 0.157 e. The first-order chi connectivity index (χ1) is 7.51. The molecule has 2 nitrogen and oxygen atoms in total. The van der Waals surface area contributed by atoms with Gasteiger partial charge in [0.1, 0.15) is 0 Å². The molecule has 0 saturated carbocycles. The van der Waals surface area contributed by atoms with E-state index in [-0.39, 0.29) is 5.78 Å². The molecule has 0 amide bonds. The van der Waals surface area contributed by atoms with E-state index in [0.29, 0.717) is 18.3 Å².